The molecule has 0 bridgehead atoms. The summed E-state index contributed by atoms with van der Waals surface area (Å²) in [5.41, 5.74) is 1.60. The van der Waals surface area contributed by atoms with Crippen LogP contribution in [-0.4, -0.2) is 41.9 Å². The lowest BCUT2D eigenvalue weighted by molar-refractivity contribution is 0.139. The van der Waals surface area contributed by atoms with Gasteiger partial charge >= 0.3 is 0 Å². The quantitative estimate of drug-likeness (QED) is 0.869. The molecule has 0 aromatic carbocycles. The van der Waals surface area contributed by atoms with E-state index in [1.54, 1.807) is 7.11 Å². The monoisotopic (exact) mass is 251 g/mol. The summed E-state index contributed by atoms with van der Waals surface area (Å²) in [4.78, 5) is 11.0. The largest absolute Gasteiger partial charge is 0.390 e. The molecule has 0 radical (unpaired) electrons. The fourth-order valence-corrected chi connectivity index (χ4v) is 2.37. The van der Waals surface area contributed by atoms with Gasteiger partial charge in [0.05, 0.1) is 12.3 Å². The van der Waals surface area contributed by atoms with Gasteiger partial charge in [0.25, 0.3) is 0 Å². The third kappa shape index (κ3) is 3.17. The predicted octanol–water partition coefficient (Wildman–Crippen LogP) is 1.14. The number of hydrogen-bond acceptors (Lipinski definition) is 5. The number of nitrogens with zero attached hydrogens (tertiary/aromatic N) is 3. The first-order valence-electron chi connectivity index (χ1n) is 6.42. The highest BCUT2D eigenvalue weighted by Gasteiger charge is 2.21. The highest BCUT2D eigenvalue weighted by Crippen LogP contribution is 2.21. The summed E-state index contributed by atoms with van der Waals surface area (Å²) >= 11 is 0. The molecule has 100 valence electrons. The molecule has 18 heavy (non-hydrogen) atoms. The molecule has 1 aliphatic rings. The molecular formula is C13H21N3O2. The minimum absolute atomic E-state index is 0.0313. The molecule has 1 aliphatic heterocycles. The van der Waals surface area contributed by atoms with Crippen LogP contribution in [0.5, 0.6) is 0 Å². The zero-order chi connectivity index (χ0) is 13.0. The number of piperidine rings is 1. The third-order valence-corrected chi connectivity index (χ3v) is 3.36. The molecule has 5 nitrogen and oxygen atoms in total. The number of aliphatic hydroxyl groups is 1. The second-order valence-electron chi connectivity index (χ2n) is 4.84. The van der Waals surface area contributed by atoms with E-state index < -0.39 is 0 Å². The van der Waals surface area contributed by atoms with Crippen molar-refractivity contribution in [2.75, 3.05) is 31.7 Å². The Morgan fingerprint density at radius 1 is 1.39 bits per heavy atom. The number of anilines is 1. The number of aliphatic hydroxyl groups excluding tert-OH is 1. The maximum absolute atomic E-state index is 9.17. The summed E-state index contributed by atoms with van der Waals surface area (Å²) in [6, 6.07) is 1.82. The summed E-state index contributed by atoms with van der Waals surface area (Å²) in [5.74, 6) is 1.39. The van der Waals surface area contributed by atoms with Crippen molar-refractivity contribution in [2.24, 2.45) is 5.92 Å². The molecule has 0 aliphatic carbocycles. The Bertz CT molecular complexity index is 390. The first-order chi connectivity index (χ1) is 8.72. The first-order valence-corrected chi connectivity index (χ1v) is 6.42. The third-order valence-electron chi connectivity index (χ3n) is 3.36. The molecule has 0 spiro atoms. The van der Waals surface area contributed by atoms with Crippen LogP contribution in [0, 0.1) is 12.8 Å². The van der Waals surface area contributed by atoms with Crippen molar-refractivity contribution in [3.8, 4) is 0 Å². The van der Waals surface area contributed by atoms with E-state index in [1.807, 2.05) is 13.0 Å². The maximum Gasteiger partial charge on any atom is 0.225 e. The molecule has 2 rings (SSSR count). The zero-order valence-electron chi connectivity index (χ0n) is 11.1. The second kappa shape index (κ2) is 6.11. The van der Waals surface area contributed by atoms with Crippen molar-refractivity contribution in [2.45, 2.75) is 26.4 Å². The Morgan fingerprint density at radius 2 is 2.11 bits per heavy atom. The van der Waals surface area contributed by atoms with Crippen LogP contribution in [0.2, 0.25) is 0 Å². The van der Waals surface area contributed by atoms with E-state index in [9.17, 15) is 5.11 Å². The van der Waals surface area contributed by atoms with E-state index in [2.05, 4.69) is 14.9 Å². The minimum Gasteiger partial charge on any atom is -0.390 e. The fourth-order valence-electron chi connectivity index (χ4n) is 2.37. The molecular weight excluding hydrogens is 230 g/mol. The van der Waals surface area contributed by atoms with E-state index in [0.29, 0.717) is 11.6 Å². The number of ether oxygens (including phenoxy) is 1. The van der Waals surface area contributed by atoms with Gasteiger partial charge in [-0.1, -0.05) is 0 Å². The molecule has 1 saturated heterocycles. The summed E-state index contributed by atoms with van der Waals surface area (Å²) in [6.45, 7) is 4.66. The van der Waals surface area contributed by atoms with Gasteiger partial charge in [0.2, 0.25) is 5.95 Å². The van der Waals surface area contributed by atoms with Crippen LogP contribution in [0.1, 0.15) is 24.2 Å². The summed E-state index contributed by atoms with van der Waals surface area (Å²) in [5, 5.41) is 9.17. The predicted molar refractivity (Wildman–Crippen MR) is 69.5 cm³/mol. The van der Waals surface area contributed by atoms with E-state index >= 15 is 0 Å². The molecule has 1 N–H and O–H groups in total. The zero-order valence-corrected chi connectivity index (χ0v) is 11.1. The molecule has 1 fully saturated rings. The van der Waals surface area contributed by atoms with Crippen molar-refractivity contribution in [3.05, 3.63) is 17.5 Å². The van der Waals surface area contributed by atoms with Crippen LogP contribution in [0.25, 0.3) is 0 Å². The standard InChI is InChI=1S/C13H21N3O2/c1-10-7-12(8-17)15-13(14-10)16-5-3-11(4-6-16)9-18-2/h7,11,17H,3-6,8-9H2,1-2H3. The SMILES string of the molecule is COCC1CCN(c2nc(C)cc(CO)n2)CC1. The van der Waals surface area contributed by atoms with Crippen molar-refractivity contribution >= 4 is 5.95 Å². The Balaban J connectivity index is 2.02. The van der Waals surface area contributed by atoms with Gasteiger partial charge in [-0.25, -0.2) is 9.97 Å². The lowest BCUT2D eigenvalue weighted by Gasteiger charge is -2.31. The van der Waals surface area contributed by atoms with Crippen LogP contribution in [0.3, 0.4) is 0 Å². The summed E-state index contributed by atoms with van der Waals surface area (Å²) < 4.78 is 5.20. The van der Waals surface area contributed by atoms with Crippen LogP contribution in [0.15, 0.2) is 6.07 Å². The molecule has 0 saturated carbocycles. The minimum atomic E-state index is -0.0313. The summed E-state index contributed by atoms with van der Waals surface area (Å²) in [7, 11) is 1.75. The van der Waals surface area contributed by atoms with Crippen LogP contribution >= 0.6 is 0 Å². The molecule has 0 amide bonds. The lowest BCUT2D eigenvalue weighted by atomic mass is 9.98. The molecule has 2 heterocycles. The number of rotatable bonds is 4. The van der Waals surface area contributed by atoms with Gasteiger partial charge in [0, 0.05) is 32.5 Å². The second-order valence-corrected chi connectivity index (χ2v) is 4.84. The number of methoxy groups -OCH3 is 1. The maximum atomic E-state index is 9.17. The van der Waals surface area contributed by atoms with Crippen molar-refractivity contribution in [3.63, 3.8) is 0 Å². The van der Waals surface area contributed by atoms with Gasteiger partial charge in [-0.2, -0.15) is 0 Å². The molecule has 5 heteroatoms. The fraction of sp³-hybridized carbons (Fsp3) is 0.692. The van der Waals surface area contributed by atoms with Crippen molar-refractivity contribution in [1.29, 1.82) is 0 Å². The van der Waals surface area contributed by atoms with Gasteiger partial charge in [-0.05, 0) is 31.7 Å². The average molecular weight is 251 g/mol. The Kier molecular flexibility index (Phi) is 4.49. The van der Waals surface area contributed by atoms with E-state index in [1.165, 1.54) is 0 Å². The Labute approximate surface area is 108 Å². The number of hydrogen-bond donors (Lipinski definition) is 1. The van der Waals surface area contributed by atoms with Crippen LogP contribution < -0.4 is 4.90 Å². The van der Waals surface area contributed by atoms with Gasteiger partial charge < -0.3 is 14.7 Å². The number of aromatic nitrogens is 2. The first kappa shape index (κ1) is 13.2. The smallest absolute Gasteiger partial charge is 0.225 e. The molecule has 0 atom stereocenters. The van der Waals surface area contributed by atoms with Crippen LogP contribution in [-0.2, 0) is 11.3 Å². The Morgan fingerprint density at radius 3 is 2.72 bits per heavy atom. The highest BCUT2D eigenvalue weighted by atomic mass is 16.5. The average Bonchev–Trinajstić information content (AvgIpc) is 2.39. The van der Waals surface area contributed by atoms with Gasteiger partial charge in [0.15, 0.2) is 0 Å². The highest BCUT2D eigenvalue weighted by molar-refractivity contribution is 5.32. The van der Waals surface area contributed by atoms with Gasteiger partial charge in [0.1, 0.15) is 0 Å². The van der Waals surface area contributed by atoms with E-state index in [-0.39, 0.29) is 6.61 Å². The lowest BCUT2D eigenvalue weighted by Crippen LogP contribution is -2.36. The molecule has 1 aromatic heterocycles. The van der Waals surface area contributed by atoms with E-state index in [4.69, 9.17) is 4.74 Å². The van der Waals surface area contributed by atoms with Gasteiger partial charge in [-0.3, -0.25) is 0 Å². The van der Waals surface area contributed by atoms with Crippen molar-refractivity contribution < 1.29 is 9.84 Å². The number of aryl methyl sites for hydroxylation is 1. The molecule has 1 aromatic rings. The Hall–Kier alpha value is -1.20. The summed E-state index contributed by atoms with van der Waals surface area (Å²) in [6.07, 6.45) is 2.22. The van der Waals surface area contributed by atoms with Crippen LogP contribution in [0.4, 0.5) is 5.95 Å². The normalized spacial score (nSPS) is 17.2. The van der Waals surface area contributed by atoms with Gasteiger partial charge in [-0.15, -0.1) is 0 Å². The molecule has 0 unspecified atom stereocenters. The van der Waals surface area contributed by atoms with Crippen molar-refractivity contribution in [1.82, 2.24) is 9.97 Å². The van der Waals surface area contributed by atoms with E-state index in [0.717, 1.165) is 44.2 Å². The topological polar surface area (TPSA) is 58.5 Å².